The van der Waals surface area contributed by atoms with Gasteiger partial charge in [0.1, 0.15) is 0 Å². The summed E-state index contributed by atoms with van der Waals surface area (Å²) in [5.74, 6) is -1.58. The number of piperidine rings is 1. The highest BCUT2D eigenvalue weighted by atomic mass is 16.8. The molecule has 1 aliphatic heterocycles. The number of hydrogen-bond acceptors (Lipinski definition) is 5. The van der Waals surface area contributed by atoms with Crippen LogP contribution in [0.25, 0.3) is 0 Å². The van der Waals surface area contributed by atoms with E-state index in [2.05, 4.69) is 0 Å². The Hall–Kier alpha value is -1.27. The van der Waals surface area contributed by atoms with Crippen molar-refractivity contribution in [1.29, 1.82) is 0 Å². The Labute approximate surface area is 119 Å². The van der Waals surface area contributed by atoms with Crippen LogP contribution in [-0.2, 0) is 14.3 Å². The minimum Gasteiger partial charge on any atom is -0.338 e. The van der Waals surface area contributed by atoms with Gasteiger partial charge in [-0.3, -0.25) is 9.63 Å². The van der Waals surface area contributed by atoms with Gasteiger partial charge >= 0.3 is 0 Å². The number of nitrogens with zero attached hydrogens (tertiary/aromatic N) is 1. The van der Waals surface area contributed by atoms with Crippen molar-refractivity contribution >= 4 is 5.78 Å². The maximum Gasteiger partial charge on any atom is 0.262 e. The summed E-state index contributed by atoms with van der Waals surface area (Å²) in [6.07, 6.45) is 1.56. The molecule has 5 heteroatoms. The molecule has 0 saturated carbocycles. The molecule has 0 N–H and O–H groups in total. The average molecular weight is 279 g/mol. The maximum atomic E-state index is 12.8. The van der Waals surface area contributed by atoms with Crippen molar-refractivity contribution in [2.24, 2.45) is 5.92 Å². The van der Waals surface area contributed by atoms with E-state index in [9.17, 15) is 4.79 Å². The summed E-state index contributed by atoms with van der Waals surface area (Å²) in [6.45, 7) is 0.663. The topological polar surface area (TPSA) is 48.0 Å². The van der Waals surface area contributed by atoms with Crippen molar-refractivity contribution in [3.63, 3.8) is 0 Å². The molecule has 20 heavy (non-hydrogen) atoms. The highest BCUT2D eigenvalue weighted by Crippen LogP contribution is 2.37. The van der Waals surface area contributed by atoms with E-state index in [0.717, 1.165) is 6.42 Å². The highest BCUT2D eigenvalue weighted by Gasteiger charge is 2.52. The monoisotopic (exact) mass is 279 g/mol. The van der Waals surface area contributed by atoms with Crippen LogP contribution in [0.5, 0.6) is 0 Å². The molecular formula is C15H21NO4. The largest absolute Gasteiger partial charge is 0.338 e. The number of methoxy groups -OCH3 is 2. The standard InChI is InChI=1S/C15H21NO4/c1-18-15(19-2)13(10-7-11-16(15)20-3)14(17)12-8-5-4-6-9-12/h4-6,8-9,13H,7,10-11H2,1-3H3. The predicted octanol–water partition coefficient (Wildman–Crippen LogP) is 2.09. The molecule has 1 heterocycles. The minimum atomic E-state index is -1.17. The van der Waals surface area contributed by atoms with E-state index in [-0.39, 0.29) is 5.78 Å². The molecule has 1 atom stereocenters. The lowest BCUT2D eigenvalue weighted by molar-refractivity contribution is -0.411. The van der Waals surface area contributed by atoms with Crippen molar-refractivity contribution in [2.75, 3.05) is 27.9 Å². The lowest BCUT2D eigenvalue weighted by Gasteiger charge is -2.46. The minimum absolute atomic E-state index is 0.0102. The molecule has 0 radical (unpaired) electrons. The summed E-state index contributed by atoms with van der Waals surface area (Å²) in [4.78, 5) is 18.1. The second-order valence-electron chi connectivity index (χ2n) is 4.75. The fourth-order valence-electron chi connectivity index (χ4n) is 2.84. The van der Waals surface area contributed by atoms with Crippen LogP contribution < -0.4 is 0 Å². The Morgan fingerprint density at radius 1 is 1.20 bits per heavy atom. The third kappa shape index (κ3) is 2.50. The molecule has 0 bridgehead atoms. The summed E-state index contributed by atoms with van der Waals surface area (Å²) in [5, 5.41) is 1.60. The number of hydroxylamine groups is 2. The molecule has 1 aliphatic rings. The van der Waals surface area contributed by atoms with Gasteiger partial charge in [-0.15, -0.1) is 5.06 Å². The van der Waals surface area contributed by atoms with Crippen LogP contribution in [0, 0.1) is 5.92 Å². The van der Waals surface area contributed by atoms with Gasteiger partial charge in [0.05, 0.1) is 13.0 Å². The van der Waals surface area contributed by atoms with Crippen LogP contribution in [0.2, 0.25) is 0 Å². The van der Waals surface area contributed by atoms with E-state index in [1.807, 2.05) is 30.3 Å². The van der Waals surface area contributed by atoms with Crippen molar-refractivity contribution in [3.8, 4) is 0 Å². The van der Waals surface area contributed by atoms with Gasteiger partial charge in [0, 0.05) is 26.3 Å². The first-order valence-electron chi connectivity index (χ1n) is 6.71. The third-order valence-electron chi connectivity index (χ3n) is 3.82. The summed E-state index contributed by atoms with van der Waals surface area (Å²) >= 11 is 0. The molecular weight excluding hydrogens is 258 g/mol. The van der Waals surface area contributed by atoms with Gasteiger partial charge in [-0.1, -0.05) is 30.3 Å². The zero-order chi connectivity index (χ0) is 14.6. The number of carbonyl (C=O) groups is 1. The van der Waals surface area contributed by atoms with E-state index in [4.69, 9.17) is 14.3 Å². The number of benzene rings is 1. The Bertz CT molecular complexity index is 444. The first-order chi connectivity index (χ1) is 9.69. The van der Waals surface area contributed by atoms with Gasteiger partial charge in [-0.05, 0) is 12.8 Å². The normalized spacial score (nSPS) is 22.6. The molecule has 5 nitrogen and oxygen atoms in total. The fraction of sp³-hybridized carbons (Fsp3) is 0.533. The Morgan fingerprint density at radius 2 is 1.85 bits per heavy atom. The van der Waals surface area contributed by atoms with Gasteiger partial charge in [-0.2, -0.15) is 0 Å². The molecule has 2 rings (SSSR count). The summed E-state index contributed by atoms with van der Waals surface area (Å²) in [5.41, 5.74) is 0.661. The molecule has 0 spiro atoms. The lowest BCUT2D eigenvalue weighted by atomic mass is 9.87. The van der Waals surface area contributed by atoms with E-state index in [1.165, 1.54) is 14.2 Å². The molecule has 1 aromatic carbocycles. The van der Waals surface area contributed by atoms with Crippen LogP contribution in [0.4, 0.5) is 0 Å². The highest BCUT2D eigenvalue weighted by molar-refractivity contribution is 5.98. The Morgan fingerprint density at radius 3 is 2.40 bits per heavy atom. The number of hydrogen-bond donors (Lipinski definition) is 0. The fourth-order valence-corrected chi connectivity index (χ4v) is 2.84. The summed E-state index contributed by atoms with van der Waals surface area (Å²) in [7, 11) is 4.63. The second kappa shape index (κ2) is 6.45. The number of ether oxygens (including phenoxy) is 2. The second-order valence-corrected chi connectivity index (χ2v) is 4.75. The SMILES string of the molecule is CON1CCCC(C(=O)c2ccccc2)C1(OC)OC. The van der Waals surface area contributed by atoms with Crippen molar-refractivity contribution in [2.45, 2.75) is 18.8 Å². The number of rotatable bonds is 5. The van der Waals surface area contributed by atoms with Crippen molar-refractivity contribution < 1.29 is 19.1 Å². The summed E-state index contributed by atoms with van der Waals surface area (Å²) < 4.78 is 11.1. The number of Topliss-reactive ketones (excluding diaryl/α,β-unsaturated/α-hetero) is 1. The quantitative estimate of drug-likeness (QED) is 0.610. The third-order valence-corrected chi connectivity index (χ3v) is 3.82. The van der Waals surface area contributed by atoms with Crippen LogP contribution in [0.1, 0.15) is 23.2 Å². The van der Waals surface area contributed by atoms with Crippen molar-refractivity contribution in [3.05, 3.63) is 35.9 Å². The van der Waals surface area contributed by atoms with Gasteiger partial charge < -0.3 is 9.47 Å². The molecule has 0 aliphatic carbocycles. The van der Waals surface area contributed by atoms with Crippen LogP contribution in [0.15, 0.2) is 30.3 Å². The average Bonchev–Trinajstić information content (AvgIpc) is 2.53. The van der Waals surface area contributed by atoms with E-state index >= 15 is 0 Å². The van der Waals surface area contributed by atoms with Crippen LogP contribution in [-0.4, -0.2) is 44.6 Å². The summed E-state index contributed by atoms with van der Waals surface area (Å²) in [6, 6.07) is 9.21. The molecule has 1 saturated heterocycles. The smallest absolute Gasteiger partial charge is 0.262 e. The number of ketones is 1. The van der Waals surface area contributed by atoms with Gasteiger partial charge in [0.25, 0.3) is 5.91 Å². The van der Waals surface area contributed by atoms with Gasteiger partial charge in [0.15, 0.2) is 5.78 Å². The first kappa shape index (κ1) is 15.1. The van der Waals surface area contributed by atoms with Gasteiger partial charge in [0.2, 0.25) is 0 Å². The van der Waals surface area contributed by atoms with Crippen LogP contribution in [0.3, 0.4) is 0 Å². The molecule has 0 amide bonds. The lowest BCUT2D eigenvalue weighted by Crippen LogP contribution is -2.61. The Kier molecular flexibility index (Phi) is 4.88. The molecule has 110 valence electrons. The number of carbonyl (C=O) groups excluding carboxylic acids is 1. The van der Waals surface area contributed by atoms with Crippen molar-refractivity contribution in [1.82, 2.24) is 5.06 Å². The van der Waals surface area contributed by atoms with E-state index < -0.39 is 11.8 Å². The molecule has 1 aromatic rings. The maximum absolute atomic E-state index is 12.8. The zero-order valence-electron chi connectivity index (χ0n) is 12.2. The molecule has 1 unspecified atom stereocenters. The molecule has 0 aromatic heterocycles. The van der Waals surface area contributed by atoms with Crippen LogP contribution >= 0.6 is 0 Å². The predicted molar refractivity (Wildman–Crippen MR) is 74.0 cm³/mol. The van der Waals surface area contributed by atoms with Gasteiger partial charge in [-0.25, -0.2) is 0 Å². The molecule has 1 fully saturated rings. The Balaban J connectivity index is 2.34. The van der Waals surface area contributed by atoms with E-state index in [0.29, 0.717) is 18.5 Å². The van der Waals surface area contributed by atoms with E-state index in [1.54, 1.807) is 12.2 Å². The zero-order valence-corrected chi connectivity index (χ0v) is 12.2. The first-order valence-corrected chi connectivity index (χ1v) is 6.71.